The van der Waals surface area contributed by atoms with Gasteiger partial charge in [0, 0.05) is 75.7 Å². The number of ether oxygens (including phenoxy) is 2. The summed E-state index contributed by atoms with van der Waals surface area (Å²) in [5.74, 6) is 0.480. The van der Waals surface area contributed by atoms with Crippen LogP contribution < -0.4 is 10.1 Å². The van der Waals surface area contributed by atoms with Crippen LogP contribution in [0.2, 0.25) is 0 Å². The number of rotatable bonds is 8. The normalized spacial score (nSPS) is 16.5. The summed E-state index contributed by atoms with van der Waals surface area (Å²) in [5, 5.41) is 2.80. The predicted molar refractivity (Wildman–Crippen MR) is 151 cm³/mol. The predicted octanol–water partition coefficient (Wildman–Crippen LogP) is 3.23. The summed E-state index contributed by atoms with van der Waals surface area (Å²) in [6.07, 6.45) is 1.95. The summed E-state index contributed by atoms with van der Waals surface area (Å²) in [6.45, 7) is 9.90. The van der Waals surface area contributed by atoms with E-state index in [9.17, 15) is 9.59 Å². The second-order valence-electron chi connectivity index (χ2n) is 10.1. The molecule has 0 spiro atoms. The van der Waals surface area contributed by atoms with E-state index in [0.717, 1.165) is 75.9 Å². The van der Waals surface area contributed by atoms with Crippen molar-refractivity contribution in [2.45, 2.75) is 19.9 Å². The number of benzene rings is 1. The molecule has 0 saturated carbocycles. The molecule has 0 atom stereocenters. The number of nitrogens with zero attached hydrogens (tertiary/aromatic N) is 5. The highest BCUT2D eigenvalue weighted by Gasteiger charge is 2.23. The Kier molecular flexibility index (Phi) is 9.33. The molecule has 210 valence electrons. The monoisotopic (exact) mass is 544 g/mol. The zero-order valence-corrected chi connectivity index (χ0v) is 22.9. The van der Waals surface area contributed by atoms with Crippen LogP contribution in [-0.4, -0.2) is 95.7 Å². The van der Waals surface area contributed by atoms with Crippen molar-refractivity contribution in [3.05, 3.63) is 83.3 Å². The molecular weight excluding hydrogens is 508 g/mol. The second kappa shape index (κ2) is 13.5. The zero-order chi connectivity index (χ0) is 27.7. The Morgan fingerprint density at radius 1 is 0.925 bits per heavy atom. The number of aryl methyl sites for hydroxylation is 1. The standard InChI is InChI=1S/C30H36N6O4/c1-23-3-2-4-26(32-23)11-12-34-13-15-36(16-14-34)30(38)40-27-9-10-28(31-21-27)33-29(37)25-7-5-24(6-8-25)22-35-17-19-39-20-18-35/h2-10,21H,11-20,22H2,1H3,(H,31,33,37). The molecule has 0 unspecified atom stereocenters. The molecule has 2 saturated heterocycles. The minimum absolute atomic E-state index is 0.244. The summed E-state index contributed by atoms with van der Waals surface area (Å²) in [6, 6.07) is 16.9. The van der Waals surface area contributed by atoms with Crippen LogP contribution in [0.4, 0.5) is 10.6 Å². The van der Waals surface area contributed by atoms with Crippen LogP contribution in [0.5, 0.6) is 5.75 Å². The van der Waals surface area contributed by atoms with Gasteiger partial charge in [0.25, 0.3) is 5.91 Å². The van der Waals surface area contributed by atoms with Gasteiger partial charge in [-0.1, -0.05) is 18.2 Å². The first-order chi connectivity index (χ1) is 19.5. The lowest BCUT2D eigenvalue weighted by atomic mass is 10.1. The summed E-state index contributed by atoms with van der Waals surface area (Å²) >= 11 is 0. The molecule has 40 heavy (non-hydrogen) atoms. The lowest BCUT2D eigenvalue weighted by molar-refractivity contribution is 0.0342. The minimum atomic E-state index is -0.393. The molecule has 2 amide bonds. The molecule has 4 heterocycles. The maximum Gasteiger partial charge on any atom is 0.415 e. The van der Waals surface area contributed by atoms with Crippen LogP contribution in [0.15, 0.2) is 60.8 Å². The Balaban J connectivity index is 1.04. The molecular formula is C30H36N6O4. The molecule has 2 aliphatic rings. The van der Waals surface area contributed by atoms with Gasteiger partial charge in [-0.3, -0.25) is 19.6 Å². The third-order valence-corrected chi connectivity index (χ3v) is 7.17. The van der Waals surface area contributed by atoms with E-state index >= 15 is 0 Å². The average molecular weight is 545 g/mol. The van der Waals surface area contributed by atoms with E-state index in [0.29, 0.717) is 30.2 Å². The molecule has 10 nitrogen and oxygen atoms in total. The number of aromatic nitrogens is 2. The molecule has 1 aromatic carbocycles. The molecule has 10 heteroatoms. The Hall–Kier alpha value is -3.86. The van der Waals surface area contributed by atoms with E-state index in [1.54, 1.807) is 17.0 Å². The SMILES string of the molecule is Cc1cccc(CCN2CCN(C(=O)Oc3ccc(NC(=O)c4ccc(CN5CCOCC5)cc4)nc3)CC2)n1. The van der Waals surface area contributed by atoms with Gasteiger partial charge in [0.15, 0.2) is 5.75 Å². The molecule has 0 radical (unpaired) electrons. The fourth-order valence-electron chi connectivity index (χ4n) is 4.81. The van der Waals surface area contributed by atoms with E-state index < -0.39 is 6.09 Å². The largest absolute Gasteiger partial charge is 0.415 e. The van der Waals surface area contributed by atoms with Crippen molar-refractivity contribution < 1.29 is 19.1 Å². The highest BCUT2D eigenvalue weighted by atomic mass is 16.6. The smallest absolute Gasteiger partial charge is 0.409 e. The maximum atomic E-state index is 12.7. The number of carbonyl (C=O) groups excluding carboxylic acids is 2. The number of amides is 2. The lowest BCUT2D eigenvalue weighted by Crippen LogP contribution is -2.49. The van der Waals surface area contributed by atoms with Crippen LogP contribution in [-0.2, 0) is 17.7 Å². The topological polar surface area (TPSA) is 100 Å². The van der Waals surface area contributed by atoms with Crippen molar-refractivity contribution in [3.63, 3.8) is 0 Å². The summed E-state index contributed by atoms with van der Waals surface area (Å²) in [5.41, 5.74) is 3.83. The van der Waals surface area contributed by atoms with E-state index in [2.05, 4.69) is 31.2 Å². The van der Waals surface area contributed by atoms with Crippen LogP contribution in [0, 0.1) is 6.92 Å². The Morgan fingerprint density at radius 3 is 2.40 bits per heavy atom. The van der Waals surface area contributed by atoms with Gasteiger partial charge in [0.1, 0.15) is 5.82 Å². The number of anilines is 1. The third kappa shape index (κ3) is 7.84. The van der Waals surface area contributed by atoms with Gasteiger partial charge in [-0.25, -0.2) is 9.78 Å². The van der Waals surface area contributed by atoms with Gasteiger partial charge in [0.2, 0.25) is 0 Å². The number of piperazine rings is 1. The molecule has 0 bridgehead atoms. The van der Waals surface area contributed by atoms with Crippen LogP contribution in [0.1, 0.15) is 27.3 Å². The Labute approximate surface area is 234 Å². The number of hydrogen-bond donors (Lipinski definition) is 1. The Morgan fingerprint density at radius 2 is 1.70 bits per heavy atom. The fraction of sp³-hybridized carbons (Fsp3) is 0.400. The van der Waals surface area contributed by atoms with Gasteiger partial charge >= 0.3 is 6.09 Å². The molecule has 0 aliphatic carbocycles. The van der Waals surface area contributed by atoms with Crippen LogP contribution in [0.3, 0.4) is 0 Å². The Bertz CT molecular complexity index is 1270. The first kappa shape index (κ1) is 27.7. The van der Waals surface area contributed by atoms with Gasteiger partial charge < -0.3 is 19.7 Å². The first-order valence-electron chi connectivity index (χ1n) is 13.8. The molecule has 2 fully saturated rings. The maximum absolute atomic E-state index is 12.7. The van der Waals surface area contributed by atoms with E-state index in [-0.39, 0.29) is 5.91 Å². The van der Waals surface area contributed by atoms with E-state index in [1.165, 1.54) is 6.20 Å². The number of hydrogen-bond acceptors (Lipinski definition) is 8. The molecule has 2 aromatic heterocycles. The van der Waals surface area contributed by atoms with E-state index in [4.69, 9.17) is 9.47 Å². The zero-order valence-electron chi connectivity index (χ0n) is 22.9. The summed E-state index contributed by atoms with van der Waals surface area (Å²) in [7, 11) is 0. The molecule has 2 aliphatic heterocycles. The van der Waals surface area contributed by atoms with Gasteiger partial charge in [-0.2, -0.15) is 0 Å². The molecule has 1 N–H and O–H groups in total. The van der Waals surface area contributed by atoms with Crippen molar-refractivity contribution in [1.82, 2.24) is 24.7 Å². The highest BCUT2D eigenvalue weighted by Crippen LogP contribution is 2.16. The van der Waals surface area contributed by atoms with Crippen LogP contribution in [0.25, 0.3) is 0 Å². The van der Waals surface area contributed by atoms with Gasteiger partial charge in [0.05, 0.1) is 19.4 Å². The van der Waals surface area contributed by atoms with Crippen molar-refractivity contribution in [3.8, 4) is 5.75 Å². The summed E-state index contributed by atoms with van der Waals surface area (Å²) < 4.78 is 10.9. The number of morpholine rings is 1. The van der Waals surface area contributed by atoms with Crippen LogP contribution >= 0.6 is 0 Å². The van der Waals surface area contributed by atoms with Gasteiger partial charge in [-0.15, -0.1) is 0 Å². The minimum Gasteiger partial charge on any atom is -0.409 e. The first-order valence-corrected chi connectivity index (χ1v) is 13.8. The summed E-state index contributed by atoms with van der Waals surface area (Å²) in [4.78, 5) is 40.5. The quantitative estimate of drug-likeness (QED) is 0.462. The fourth-order valence-corrected chi connectivity index (χ4v) is 4.81. The van der Waals surface area contributed by atoms with E-state index in [1.807, 2.05) is 43.3 Å². The lowest BCUT2D eigenvalue weighted by Gasteiger charge is -2.33. The number of nitrogens with one attached hydrogen (secondary N) is 1. The average Bonchev–Trinajstić information content (AvgIpc) is 2.98. The molecule has 5 rings (SSSR count). The van der Waals surface area contributed by atoms with Crippen molar-refractivity contribution in [1.29, 1.82) is 0 Å². The third-order valence-electron chi connectivity index (χ3n) is 7.17. The number of carbonyl (C=O) groups is 2. The molecule has 3 aromatic rings. The second-order valence-corrected chi connectivity index (χ2v) is 10.1. The van der Waals surface area contributed by atoms with Crippen molar-refractivity contribution in [2.24, 2.45) is 0 Å². The number of pyridine rings is 2. The van der Waals surface area contributed by atoms with Gasteiger partial charge in [-0.05, 0) is 48.9 Å². The van der Waals surface area contributed by atoms with Crippen molar-refractivity contribution >= 4 is 17.8 Å². The van der Waals surface area contributed by atoms with Crippen molar-refractivity contribution in [2.75, 3.05) is 64.3 Å². The highest BCUT2D eigenvalue weighted by molar-refractivity contribution is 6.03.